The summed E-state index contributed by atoms with van der Waals surface area (Å²) in [5.74, 6) is 0.470. The Morgan fingerprint density at radius 3 is 2.11 bits per heavy atom. The Bertz CT molecular complexity index is 459. The van der Waals surface area contributed by atoms with Crippen molar-refractivity contribution in [3.05, 3.63) is 29.8 Å². The zero-order valence-corrected chi connectivity index (χ0v) is 12.2. The fourth-order valence-corrected chi connectivity index (χ4v) is 2.87. The molecule has 0 saturated carbocycles. The van der Waals surface area contributed by atoms with Gasteiger partial charge in [0, 0.05) is 0 Å². The first-order valence-corrected chi connectivity index (χ1v) is 7.99. The molecular weight excluding hydrogens is 246 g/mol. The van der Waals surface area contributed by atoms with Gasteiger partial charge < -0.3 is 5.73 Å². The van der Waals surface area contributed by atoms with E-state index in [1.165, 1.54) is 0 Å². The molecule has 0 fully saturated rings. The maximum Gasteiger partial charge on any atom is 0.180 e. The molecule has 0 aliphatic heterocycles. The van der Waals surface area contributed by atoms with Crippen LogP contribution in [0.2, 0.25) is 0 Å². The Hall–Kier alpha value is -0.870. The van der Waals surface area contributed by atoms with Crippen molar-refractivity contribution < 1.29 is 8.42 Å². The van der Waals surface area contributed by atoms with Crippen molar-refractivity contribution in [1.82, 2.24) is 0 Å². The van der Waals surface area contributed by atoms with Crippen LogP contribution in [0.4, 0.5) is 0 Å². The van der Waals surface area contributed by atoms with Gasteiger partial charge >= 0.3 is 0 Å². The van der Waals surface area contributed by atoms with Crippen molar-refractivity contribution in [2.24, 2.45) is 11.7 Å². The maximum atomic E-state index is 12.0. The molecule has 0 aliphatic rings. The van der Waals surface area contributed by atoms with Crippen LogP contribution < -0.4 is 5.73 Å². The van der Waals surface area contributed by atoms with Crippen LogP contribution in [-0.4, -0.2) is 20.2 Å². The first-order valence-electron chi connectivity index (χ1n) is 6.44. The van der Waals surface area contributed by atoms with E-state index in [0.717, 1.165) is 18.4 Å². The van der Waals surface area contributed by atoms with Crippen LogP contribution in [0.5, 0.6) is 0 Å². The highest BCUT2D eigenvalue weighted by molar-refractivity contribution is 7.92. The summed E-state index contributed by atoms with van der Waals surface area (Å²) in [6.07, 6.45) is 1.96. The molecule has 0 radical (unpaired) electrons. The maximum absolute atomic E-state index is 12.0. The molecule has 102 valence electrons. The second kappa shape index (κ2) is 6.34. The Labute approximate surface area is 110 Å². The highest BCUT2D eigenvalue weighted by Crippen LogP contribution is 2.18. The molecule has 1 aromatic carbocycles. The van der Waals surface area contributed by atoms with Gasteiger partial charge in [0.05, 0.1) is 10.1 Å². The van der Waals surface area contributed by atoms with Crippen LogP contribution in [0.15, 0.2) is 29.2 Å². The van der Waals surface area contributed by atoms with E-state index in [1.54, 1.807) is 26.0 Å². The molecule has 0 aliphatic carbocycles. The quantitative estimate of drug-likeness (QED) is 0.862. The van der Waals surface area contributed by atoms with Gasteiger partial charge in [-0.05, 0) is 50.4 Å². The zero-order valence-electron chi connectivity index (χ0n) is 11.4. The SMILES string of the molecule is CCC(CN)Cc1ccc(S(=O)(=O)C(C)C)cc1. The van der Waals surface area contributed by atoms with E-state index in [4.69, 9.17) is 5.73 Å². The van der Waals surface area contributed by atoms with E-state index in [0.29, 0.717) is 17.4 Å². The van der Waals surface area contributed by atoms with E-state index in [1.807, 2.05) is 12.1 Å². The number of benzene rings is 1. The van der Waals surface area contributed by atoms with E-state index >= 15 is 0 Å². The smallest absolute Gasteiger partial charge is 0.180 e. The molecule has 1 aromatic rings. The number of hydrogen-bond donors (Lipinski definition) is 1. The number of nitrogens with two attached hydrogens (primary N) is 1. The van der Waals surface area contributed by atoms with Crippen LogP contribution >= 0.6 is 0 Å². The summed E-state index contributed by atoms with van der Waals surface area (Å²) in [6.45, 7) is 6.19. The third kappa shape index (κ3) is 3.56. The summed E-state index contributed by atoms with van der Waals surface area (Å²) < 4.78 is 23.9. The molecule has 0 amide bonds. The van der Waals surface area contributed by atoms with E-state index < -0.39 is 9.84 Å². The lowest BCUT2D eigenvalue weighted by Gasteiger charge is -2.13. The first kappa shape index (κ1) is 15.2. The number of hydrogen-bond acceptors (Lipinski definition) is 3. The fourth-order valence-electron chi connectivity index (χ4n) is 1.82. The molecule has 1 unspecified atom stereocenters. The predicted octanol–water partition coefficient (Wildman–Crippen LogP) is 2.40. The van der Waals surface area contributed by atoms with Crippen molar-refractivity contribution in [1.29, 1.82) is 0 Å². The fraction of sp³-hybridized carbons (Fsp3) is 0.571. The van der Waals surface area contributed by atoms with E-state index in [2.05, 4.69) is 6.92 Å². The molecule has 0 heterocycles. The summed E-state index contributed by atoms with van der Waals surface area (Å²) in [4.78, 5) is 0.405. The molecule has 1 rings (SSSR count). The topological polar surface area (TPSA) is 60.2 Å². The largest absolute Gasteiger partial charge is 0.330 e. The summed E-state index contributed by atoms with van der Waals surface area (Å²) in [6, 6.07) is 7.20. The standard InChI is InChI=1S/C14H23NO2S/c1-4-12(10-15)9-13-5-7-14(8-6-13)18(16,17)11(2)3/h5-8,11-12H,4,9-10,15H2,1-3H3. The Balaban J connectivity index is 2.87. The molecule has 2 N–H and O–H groups in total. The molecular formula is C14H23NO2S. The Morgan fingerprint density at radius 1 is 1.17 bits per heavy atom. The third-order valence-electron chi connectivity index (χ3n) is 3.31. The van der Waals surface area contributed by atoms with Crippen molar-refractivity contribution in [3.8, 4) is 0 Å². The lowest BCUT2D eigenvalue weighted by atomic mass is 9.97. The number of rotatable bonds is 6. The van der Waals surface area contributed by atoms with Gasteiger partial charge in [-0.25, -0.2) is 8.42 Å². The van der Waals surface area contributed by atoms with Crippen LogP contribution in [0, 0.1) is 5.92 Å². The number of sulfone groups is 1. The summed E-state index contributed by atoms with van der Waals surface area (Å²) in [5, 5.41) is -0.379. The molecule has 18 heavy (non-hydrogen) atoms. The van der Waals surface area contributed by atoms with Crippen LogP contribution in [0.1, 0.15) is 32.8 Å². The lowest BCUT2D eigenvalue weighted by molar-refractivity contribution is 0.518. The van der Waals surface area contributed by atoms with Crippen LogP contribution in [0.25, 0.3) is 0 Å². The Morgan fingerprint density at radius 2 is 1.72 bits per heavy atom. The van der Waals surface area contributed by atoms with Crippen LogP contribution in [-0.2, 0) is 16.3 Å². The predicted molar refractivity (Wildman–Crippen MR) is 75.3 cm³/mol. The Kier molecular flexibility index (Phi) is 5.35. The summed E-state index contributed by atoms with van der Waals surface area (Å²) in [5.41, 5.74) is 6.82. The molecule has 1 atom stereocenters. The van der Waals surface area contributed by atoms with Gasteiger partial charge in [0.1, 0.15) is 0 Å². The highest BCUT2D eigenvalue weighted by atomic mass is 32.2. The van der Waals surface area contributed by atoms with Gasteiger partial charge in [-0.2, -0.15) is 0 Å². The minimum atomic E-state index is -3.16. The van der Waals surface area contributed by atoms with Crippen LogP contribution in [0.3, 0.4) is 0 Å². The van der Waals surface area contributed by atoms with Gasteiger partial charge in [-0.1, -0.05) is 25.5 Å². The van der Waals surface area contributed by atoms with Gasteiger partial charge in [0.25, 0.3) is 0 Å². The van der Waals surface area contributed by atoms with Crippen molar-refractivity contribution in [3.63, 3.8) is 0 Å². The minimum Gasteiger partial charge on any atom is -0.330 e. The highest BCUT2D eigenvalue weighted by Gasteiger charge is 2.18. The van der Waals surface area contributed by atoms with Gasteiger partial charge in [-0.3, -0.25) is 0 Å². The second-order valence-electron chi connectivity index (χ2n) is 4.95. The van der Waals surface area contributed by atoms with Gasteiger partial charge in [0.2, 0.25) is 0 Å². The molecule has 0 saturated heterocycles. The molecule has 4 heteroatoms. The van der Waals surface area contributed by atoms with Crippen molar-refractivity contribution >= 4 is 9.84 Å². The normalized spacial score (nSPS) is 13.8. The summed E-state index contributed by atoms with van der Waals surface area (Å²) in [7, 11) is -3.16. The zero-order chi connectivity index (χ0) is 13.8. The van der Waals surface area contributed by atoms with Gasteiger partial charge in [-0.15, -0.1) is 0 Å². The van der Waals surface area contributed by atoms with E-state index in [-0.39, 0.29) is 5.25 Å². The van der Waals surface area contributed by atoms with E-state index in [9.17, 15) is 8.42 Å². The lowest BCUT2D eigenvalue weighted by Crippen LogP contribution is -2.16. The third-order valence-corrected chi connectivity index (χ3v) is 5.48. The average Bonchev–Trinajstić information content (AvgIpc) is 2.36. The van der Waals surface area contributed by atoms with Crippen molar-refractivity contribution in [2.75, 3.05) is 6.54 Å². The second-order valence-corrected chi connectivity index (χ2v) is 7.46. The molecule has 0 spiro atoms. The first-order chi connectivity index (χ1) is 8.41. The molecule has 3 nitrogen and oxygen atoms in total. The molecule has 0 aromatic heterocycles. The monoisotopic (exact) mass is 269 g/mol. The average molecular weight is 269 g/mol. The van der Waals surface area contributed by atoms with Crippen molar-refractivity contribution in [2.45, 2.75) is 43.8 Å². The minimum absolute atomic E-state index is 0.379. The van der Waals surface area contributed by atoms with Gasteiger partial charge in [0.15, 0.2) is 9.84 Å². The summed E-state index contributed by atoms with van der Waals surface area (Å²) >= 11 is 0. The molecule has 0 bridgehead atoms.